The first-order valence-corrected chi connectivity index (χ1v) is 10.2. The standard InChI is InChI=1S/C23H32N4O3.HI/c1-17-15-27(9-10-30-17)16-20-6-4-5-18(11-20)13-25-23(24)26-14-19-7-8-21(28-2)22(12-19)29-3;/h4-8,11-12,17H,9-10,13-16H2,1-3H3,(H3,24,25,26);1H. The van der Waals surface area contributed by atoms with E-state index in [2.05, 4.69) is 46.4 Å². The van der Waals surface area contributed by atoms with Crippen molar-refractivity contribution in [3.8, 4) is 11.5 Å². The zero-order valence-corrected chi connectivity index (χ0v) is 20.8. The molecule has 0 spiro atoms. The lowest BCUT2D eigenvalue weighted by molar-refractivity contribution is -0.0212. The van der Waals surface area contributed by atoms with E-state index in [4.69, 9.17) is 19.9 Å². The van der Waals surface area contributed by atoms with Gasteiger partial charge in [-0.2, -0.15) is 0 Å². The summed E-state index contributed by atoms with van der Waals surface area (Å²) in [5, 5.41) is 3.15. The molecule has 31 heavy (non-hydrogen) atoms. The van der Waals surface area contributed by atoms with Crippen molar-refractivity contribution < 1.29 is 14.2 Å². The first kappa shape index (κ1) is 25.2. The van der Waals surface area contributed by atoms with Gasteiger partial charge in [0.1, 0.15) is 0 Å². The van der Waals surface area contributed by atoms with Crippen molar-refractivity contribution >= 4 is 29.9 Å². The summed E-state index contributed by atoms with van der Waals surface area (Å²) in [6, 6.07) is 14.3. The minimum atomic E-state index is 0. The van der Waals surface area contributed by atoms with Gasteiger partial charge in [0.2, 0.25) is 0 Å². The second-order valence-corrected chi connectivity index (χ2v) is 7.48. The van der Waals surface area contributed by atoms with Crippen molar-refractivity contribution in [1.29, 1.82) is 0 Å². The van der Waals surface area contributed by atoms with Gasteiger partial charge in [-0.05, 0) is 35.7 Å². The number of hydrogen-bond donors (Lipinski definition) is 2. The number of nitrogens with one attached hydrogen (secondary N) is 1. The predicted octanol–water partition coefficient (Wildman–Crippen LogP) is 3.15. The predicted molar refractivity (Wildman–Crippen MR) is 134 cm³/mol. The van der Waals surface area contributed by atoms with Gasteiger partial charge in [-0.3, -0.25) is 4.90 Å². The molecule has 3 N–H and O–H groups in total. The molecule has 0 saturated carbocycles. The lowest BCUT2D eigenvalue weighted by Gasteiger charge is -2.31. The number of aliphatic imine (C=N–C) groups is 1. The number of ether oxygens (including phenoxy) is 3. The van der Waals surface area contributed by atoms with Crippen LogP contribution in [0.4, 0.5) is 0 Å². The molecule has 2 aromatic rings. The van der Waals surface area contributed by atoms with Crippen LogP contribution in [-0.4, -0.2) is 50.9 Å². The van der Waals surface area contributed by atoms with E-state index in [1.165, 1.54) is 5.56 Å². The number of nitrogens with zero attached hydrogens (tertiary/aromatic N) is 2. The van der Waals surface area contributed by atoms with Crippen LogP contribution < -0.4 is 20.5 Å². The molecule has 1 unspecified atom stereocenters. The fraction of sp³-hybridized carbons (Fsp3) is 0.435. The third-order valence-corrected chi connectivity index (χ3v) is 5.08. The fourth-order valence-corrected chi connectivity index (χ4v) is 3.53. The minimum absolute atomic E-state index is 0. The van der Waals surface area contributed by atoms with E-state index < -0.39 is 0 Å². The van der Waals surface area contributed by atoms with Gasteiger partial charge in [0.05, 0.1) is 33.5 Å². The van der Waals surface area contributed by atoms with E-state index in [1.54, 1.807) is 14.2 Å². The molecule has 1 aliphatic rings. The summed E-state index contributed by atoms with van der Waals surface area (Å²) >= 11 is 0. The Morgan fingerprint density at radius 3 is 2.65 bits per heavy atom. The third-order valence-electron chi connectivity index (χ3n) is 5.08. The maximum atomic E-state index is 6.06. The Labute approximate surface area is 202 Å². The van der Waals surface area contributed by atoms with Gasteiger partial charge in [-0.15, -0.1) is 24.0 Å². The van der Waals surface area contributed by atoms with Gasteiger partial charge in [-0.1, -0.05) is 30.3 Å². The number of methoxy groups -OCH3 is 2. The number of halogens is 1. The maximum Gasteiger partial charge on any atom is 0.189 e. The molecule has 1 aliphatic heterocycles. The van der Waals surface area contributed by atoms with E-state index in [0.717, 1.165) is 37.4 Å². The highest BCUT2D eigenvalue weighted by Gasteiger charge is 2.16. The second kappa shape index (κ2) is 12.7. The highest BCUT2D eigenvalue weighted by Crippen LogP contribution is 2.27. The van der Waals surface area contributed by atoms with Crippen LogP contribution in [0.2, 0.25) is 0 Å². The molecule has 1 atom stereocenters. The van der Waals surface area contributed by atoms with Crippen LogP contribution in [0.3, 0.4) is 0 Å². The first-order chi connectivity index (χ1) is 14.6. The zero-order chi connectivity index (χ0) is 21.3. The number of benzene rings is 2. The quantitative estimate of drug-likeness (QED) is 0.304. The molecule has 0 amide bonds. The van der Waals surface area contributed by atoms with Gasteiger partial charge in [0.25, 0.3) is 0 Å². The van der Waals surface area contributed by atoms with E-state index in [9.17, 15) is 0 Å². The average Bonchev–Trinajstić information content (AvgIpc) is 2.76. The number of nitrogens with two attached hydrogens (primary N) is 1. The van der Waals surface area contributed by atoms with Crippen LogP contribution >= 0.6 is 24.0 Å². The van der Waals surface area contributed by atoms with Crippen LogP contribution in [-0.2, 0) is 24.4 Å². The van der Waals surface area contributed by atoms with Gasteiger partial charge in [-0.25, -0.2) is 4.99 Å². The molecule has 0 radical (unpaired) electrons. The van der Waals surface area contributed by atoms with E-state index >= 15 is 0 Å². The molecule has 0 bridgehead atoms. The van der Waals surface area contributed by atoms with Gasteiger partial charge in [0, 0.05) is 26.2 Å². The molecule has 3 rings (SSSR count). The summed E-state index contributed by atoms with van der Waals surface area (Å²) in [6.07, 6.45) is 0.295. The third kappa shape index (κ3) is 7.86. The van der Waals surface area contributed by atoms with Crippen LogP contribution in [0.25, 0.3) is 0 Å². The molecule has 7 nitrogen and oxygen atoms in total. The Kier molecular flexibility index (Phi) is 10.4. The SMILES string of the molecule is COc1ccc(CNC(N)=NCc2cccc(CN3CCOC(C)C3)c2)cc1OC.I. The summed E-state index contributed by atoms with van der Waals surface area (Å²) in [4.78, 5) is 6.91. The normalized spacial score (nSPS) is 17.0. The van der Waals surface area contributed by atoms with E-state index in [1.807, 2.05) is 18.2 Å². The van der Waals surface area contributed by atoms with Crippen molar-refractivity contribution in [3.63, 3.8) is 0 Å². The molecular weight excluding hydrogens is 507 g/mol. The van der Waals surface area contributed by atoms with Crippen molar-refractivity contribution in [3.05, 3.63) is 59.2 Å². The molecule has 1 heterocycles. The number of guanidine groups is 1. The number of rotatable bonds is 8. The Hall–Kier alpha value is -2.04. The maximum absolute atomic E-state index is 6.06. The molecule has 2 aromatic carbocycles. The Morgan fingerprint density at radius 2 is 1.90 bits per heavy atom. The molecular formula is C23H33IN4O3. The monoisotopic (exact) mass is 540 g/mol. The smallest absolute Gasteiger partial charge is 0.189 e. The summed E-state index contributed by atoms with van der Waals surface area (Å²) < 4.78 is 16.2. The molecule has 0 aromatic heterocycles. The molecule has 1 fully saturated rings. The first-order valence-electron chi connectivity index (χ1n) is 10.2. The van der Waals surface area contributed by atoms with Gasteiger partial charge < -0.3 is 25.3 Å². The zero-order valence-electron chi connectivity index (χ0n) is 18.5. The largest absolute Gasteiger partial charge is 0.493 e. The Morgan fingerprint density at radius 1 is 1.13 bits per heavy atom. The highest BCUT2D eigenvalue weighted by atomic mass is 127. The van der Waals surface area contributed by atoms with Crippen molar-refractivity contribution in [1.82, 2.24) is 10.2 Å². The Balaban J connectivity index is 0.00000341. The van der Waals surface area contributed by atoms with Gasteiger partial charge in [0.15, 0.2) is 17.5 Å². The van der Waals surface area contributed by atoms with Crippen molar-refractivity contribution in [2.45, 2.75) is 32.7 Å². The van der Waals surface area contributed by atoms with Crippen LogP contribution in [0.5, 0.6) is 11.5 Å². The highest BCUT2D eigenvalue weighted by molar-refractivity contribution is 14.0. The molecule has 1 saturated heterocycles. The minimum Gasteiger partial charge on any atom is -0.493 e. The summed E-state index contributed by atoms with van der Waals surface area (Å²) in [7, 11) is 3.25. The van der Waals surface area contributed by atoms with E-state index in [0.29, 0.717) is 36.7 Å². The summed E-state index contributed by atoms with van der Waals surface area (Å²) in [6.45, 7) is 6.89. The average molecular weight is 540 g/mol. The molecule has 8 heteroatoms. The lowest BCUT2D eigenvalue weighted by Crippen LogP contribution is -2.40. The van der Waals surface area contributed by atoms with Gasteiger partial charge >= 0.3 is 0 Å². The summed E-state index contributed by atoms with van der Waals surface area (Å²) in [5.41, 5.74) is 9.52. The number of hydrogen-bond acceptors (Lipinski definition) is 5. The van der Waals surface area contributed by atoms with E-state index in [-0.39, 0.29) is 24.0 Å². The number of morpholine rings is 1. The fourth-order valence-electron chi connectivity index (χ4n) is 3.53. The molecule has 0 aliphatic carbocycles. The van der Waals surface area contributed by atoms with Crippen LogP contribution in [0.1, 0.15) is 23.6 Å². The van der Waals surface area contributed by atoms with Crippen molar-refractivity contribution in [2.75, 3.05) is 33.9 Å². The van der Waals surface area contributed by atoms with Crippen LogP contribution in [0, 0.1) is 0 Å². The summed E-state index contributed by atoms with van der Waals surface area (Å²) in [5.74, 6) is 1.81. The van der Waals surface area contributed by atoms with Crippen molar-refractivity contribution in [2.24, 2.45) is 10.7 Å². The second-order valence-electron chi connectivity index (χ2n) is 7.48. The lowest BCUT2D eigenvalue weighted by atomic mass is 10.1. The topological polar surface area (TPSA) is 81.3 Å². The van der Waals surface area contributed by atoms with Crippen LogP contribution in [0.15, 0.2) is 47.5 Å². The Bertz CT molecular complexity index is 862. The molecule has 170 valence electrons.